The van der Waals surface area contributed by atoms with Crippen LogP contribution >= 0.6 is 11.6 Å². The minimum Gasteiger partial charge on any atom is -0.381 e. The minimum atomic E-state index is -3.31. The van der Waals surface area contributed by atoms with E-state index in [1.807, 2.05) is 0 Å². The predicted octanol–water partition coefficient (Wildman–Crippen LogP) is 3.46. The van der Waals surface area contributed by atoms with Crippen LogP contribution in [0.3, 0.4) is 0 Å². The van der Waals surface area contributed by atoms with Crippen molar-refractivity contribution in [3.05, 3.63) is 58.9 Å². The van der Waals surface area contributed by atoms with Gasteiger partial charge in [-0.1, -0.05) is 23.7 Å². The van der Waals surface area contributed by atoms with Crippen molar-refractivity contribution < 1.29 is 12.8 Å². The fourth-order valence-electron chi connectivity index (χ4n) is 1.76. The lowest BCUT2D eigenvalue weighted by Crippen LogP contribution is -2.09. The average molecular weight is 329 g/mol. The Morgan fingerprint density at radius 2 is 1.86 bits per heavy atom. The maximum atomic E-state index is 13.1. The van der Waals surface area contributed by atoms with E-state index in [0.29, 0.717) is 12.2 Å². The fourth-order valence-corrected chi connectivity index (χ4v) is 2.52. The van der Waals surface area contributed by atoms with Gasteiger partial charge in [-0.3, -0.25) is 4.72 Å². The molecule has 4 nitrogen and oxygen atoms in total. The largest absolute Gasteiger partial charge is 0.381 e. The van der Waals surface area contributed by atoms with Gasteiger partial charge in [0.1, 0.15) is 5.82 Å². The van der Waals surface area contributed by atoms with Crippen LogP contribution in [0.1, 0.15) is 5.56 Å². The summed E-state index contributed by atoms with van der Waals surface area (Å²) in [4.78, 5) is 0. The fraction of sp³-hybridized carbons (Fsp3) is 0.143. The molecule has 0 heterocycles. The highest BCUT2D eigenvalue weighted by Crippen LogP contribution is 2.19. The van der Waals surface area contributed by atoms with Crippen molar-refractivity contribution in [1.82, 2.24) is 0 Å². The topological polar surface area (TPSA) is 58.2 Å². The monoisotopic (exact) mass is 328 g/mol. The van der Waals surface area contributed by atoms with Crippen LogP contribution in [0, 0.1) is 5.82 Å². The molecule has 112 valence electrons. The van der Waals surface area contributed by atoms with Crippen molar-refractivity contribution in [1.29, 1.82) is 0 Å². The molecule has 0 saturated heterocycles. The van der Waals surface area contributed by atoms with E-state index in [9.17, 15) is 12.8 Å². The molecular weight excluding hydrogens is 315 g/mol. The summed E-state index contributed by atoms with van der Waals surface area (Å²) in [5, 5.41) is 3.19. The van der Waals surface area contributed by atoms with Gasteiger partial charge >= 0.3 is 0 Å². The van der Waals surface area contributed by atoms with Crippen LogP contribution in [-0.2, 0) is 16.6 Å². The first-order valence-electron chi connectivity index (χ1n) is 6.09. The van der Waals surface area contributed by atoms with Gasteiger partial charge in [0, 0.05) is 12.2 Å². The van der Waals surface area contributed by atoms with E-state index in [-0.39, 0.29) is 5.02 Å². The number of benzene rings is 2. The van der Waals surface area contributed by atoms with Crippen molar-refractivity contribution in [2.45, 2.75) is 6.54 Å². The van der Waals surface area contributed by atoms with Gasteiger partial charge in [0.25, 0.3) is 0 Å². The number of rotatable bonds is 5. The van der Waals surface area contributed by atoms with Gasteiger partial charge in [0.15, 0.2) is 0 Å². The molecule has 0 fully saturated rings. The quantitative estimate of drug-likeness (QED) is 0.883. The first-order chi connectivity index (χ1) is 9.83. The van der Waals surface area contributed by atoms with Crippen molar-refractivity contribution in [2.24, 2.45) is 0 Å². The highest BCUT2D eigenvalue weighted by Gasteiger charge is 2.03. The zero-order chi connectivity index (χ0) is 15.5. The molecule has 21 heavy (non-hydrogen) atoms. The Balaban J connectivity index is 2.06. The van der Waals surface area contributed by atoms with Gasteiger partial charge in [0.05, 0.1) is 17.0 Å². The molecule has 0 bridgehead atoms. The van der Waals surface area contributed by atoms with Crippen LogP contribution in [0.2, 0.25) is 5.02 Å². The Labute approximate surface area is 128 Å². The third kappa shape index (κ3) is 4.91. The summed E-state index contributed by atoms with van der Waals surface area (Å²) >= 11 is 5.71. The van der Waals surface area contributed by atoms with Crippen LogP contribution in [0.5, 0.6) is 0 Å². The highest BCUT2D eigenvalue weighted by molar-refractivity contribution is 7.92. The van der Waals surface area contributed by atoms with E-state index < -0.39 is 15.8 Å². The molecule has 0 aromatic heterocycles. The van der Waals surface area contributed by atoms with Crippen LogP contribution in [0.25, 0.3) is 0 Å². The lowest BCUT2D eigenvalue weighted by molar-refractivity contribution is 0.607. The summed E-state index contributed by atoms with van der Waals surface area (Å²) in [5.41, 5.74) is 2.03. The summed E-state index contributed by atoms with van der Waals surface area (Å²) in [5.74, 6) is -0.459. The lowest BCUT2D eigenvalue weighted by atomic mass is 10.2. The Kier molecular flexibility index (Phi) is 4.69. The average Bonchev–Trinajstić information content (AvgIpc) is 2.39. The van der Waals surface area contributed by atoms with Gasteiger partial charge in [-0.2, -0.15) is 0 Å². The number of anilines is 2. The zero-order valence-electron chi connectivity index (χ0n) is 11.2. The van der Waals surface area contributed by atoms with E-state index in [2.05, 4.69) is 10.0 Å². The first-order valence-corrected chi connectivity index (χ1v) is 8.36. The van der Waals surface area contributed by atoms with Crippen LogP contribution in [0.4, 0.5) is 15.8 Å². The predicted molar refractivity (Wildman–Crippen MR) is 83.6 cm³/mol. The molecule has 0 aliphatic heterocycles. The molecule has 0 radical (unpaired) electrons. The second-order valence-corrected chi connectivity index (χ2v) is 6.71. The van der Waals surface area contributed by atoms with Crippen LogP contribution < -0.4 is 10.0 Å². The third-order valence-electron chi connectivity index (χ3n) is 2.65. The summed E-state index contributed by atoms with van der Waals surface area (Å²) in [7, 11) is -3.31. The number of sulfonamides is 1. The van der Waals surface area contributed by atoms with Gasteiger partial charge in [-0.05, 0) is 35.9 Å². The molecule has 0 spiro atoms. The smallest absolute Gasteiger partial charge is 0.229 e. The number of nitrogens with one attached hydrogen (secondary N) is 2. The van der Waals surface area contributed by atoms with Crippen molar-refractivity contribution in [2.75, 3.05) is 16.3 Å². The van der Waals surface area contributed by atoms with Crippen molar-refractivity contribution >= 4 is 33.0 Å². The summed E-state index contributed by atoms with van der Waals surface area (Å²) in [6.07, 6.45) is 1.09. The molecule has 0 aliphatic carbocycles. The number of hydrogen-bond donors (Lipinski definition) is 2. The van der Waals surface area contributed by atoms with E-state index >= 15 is 0 Å². The number of hydrogen-bond acceptors (Lipinski definition) is 3. The minimum absolute atomic E-state index is 0.0711. The molecule has 0 amide bonds. The third-order valence-corrected chi connectivity index (χ3v) is 3.54. The van der Waals surface area contributed by atoms with Crippen LogP contribution in [-0.4, -0.2) is 14.7 Å². The summed E-state index contributed by atoms with van der Waals surface area (Å²) < 4.78 is 37.8. The highest BCUT2D eigenvalue weighted by atomic mass is 35.5. The number of halogens is 2. The lowest BCUT2D eigenvalue weighted by Gasteiger charge is -2.09. The Bertz CT molecular complexity index is 750. The molecule has 0 unspecified atom stereocenters. The Morgan fingerprint density at radius 1 is 1.14 bits per heavy atom. The summed E-state index contributed by atoms with van der Waals surface area (Å²) in [6.45, 7) is 0.447. The molecule has 2 aromatic carbocycles. The standard InChI is InChI=1S/C14H14ClFN2O2S/c1-21(19,20)18-12-4-2-3-11(8-12)17-9-10-5-6-14(16)13(15)7-10/h2-8,17-18H,9H2,1H3. The molecule has 2 rings (SSSR count). The van der Waals surface area contributed by atoms with Gasteiger partial charge in [-0.25, -0.2) is 12.8 Å². The second kappa shape index (κ2) is 6.32. The molecule has 0 saturated carbocycles. The second-order valence-electron chi connectivity index (χ2n) is 4.56. The Morgan fingerprint density at radius 3 is 2.52 bits per heavy atom. The van der Waals surface area contributed by atoms with Crippen molar-refractivity contribution in [3.63, 3.8) is 0 Å². The molecule has 7 heteroatoms. The zero-order valence-corrected chi connectivity index (χ0v) is 12.8. The molecular formula is C14H14ClFN2O2S. The van der Waals surface area contributed by atoms with Gasteiger partial charge in [0.2, 0.25) is 10.0 Å². The molecule has 2 aromatic rings. The van der Waals surface area contributed by atoms with Crippen LogP contribution in [0.15, 0.2) is 42.5 Å². The molecule has 0 aliphatic rings. The SMILES string of the molecule is CS(=O)(=O)Nc1cccc(NCc2ccc(F)c(Cl)c2)c1. The maximum absolute atomic E-state index is 13.1. The maximum Gasteiger partial charge on any atom is 0.229 e. The molecule has 0 atom stereocenters. The van der Waals surface area contributed by atoms with E-state index in [1.54, 1.807) is 36.4 Å². The van der Waals surface area contributed by atoms with E-state index in [1.165, 1.54) is 6.07 Å². The summed E-state index contributed by atoms with van der Waals surface area (Å²) in [6, 6.07) is 11.3. The Hall–Kier alpha value is -1.79. The van der Waals surface area contributed by atoms with E-state index in [0.717, 1.165) is 17.5 Å². The van der Waals surface area contributed by atoms with Gasteiger partial charge < -0.3 is 5.32 Å². The van der Waals surface area contributed by atoms with Gasteiger partial charge in [-0.15, -0.1) is 0 Å². The van der Waals surface area contributed by atoms with E-state index in [4.69, 9.17) is 11.6 Å². The van der Waals surface area contributed by atoms with Crippen molar-refractivity contribution in [3.8, 4) is 0 Å². The first kappa shape index (κ1) is 15.6. The normalized spacial score (nSPS) is 11.2. The molecule has 2 N–H and O–H groups in total.